The van der Waals surface area contributed by atoms with E-state index >= 15 is 0 Å². The van der Waals surface area contributed by atoms with Crippen LogP contribution in [0.3, 0.4) is 0 Å². The standard InChI is InChI=1S/C17H21NO/c18-13-16(15-10-6-3-7-11-15)17(19)12-14-8-4-1-2-5-9-14/h3,6-7,10-11,14,16H,1-2,4-5,8-9,12H2. The molecule has 100 valence electrons. The number of carbonyl (C=O) groups is 1. The largest absolute Gasteiger partial charge is 0.298 e. The highest BCUT2D eigenvalue weighted by molar-refractivity contribution is 5.88. The quantitative estimate of drug-likeness (QED) is 0.756. The van der Waals surface area contributed by atoms with E-state index in [1.807, 2.05) is 30.3 Å². The van der Waals surface area contributed by atoms with Crippen LogP contribution in [0.2, 0.25) is 0 Å². The molecule has 0 aromatic heterocycles. The van der Waals surface area contributed by atoms with Gasteiger partial charge in [0.25, 0.3) is 0 Å². The van der Waals surface area contributed by atoms with E-state index in [-0.39, 0.29) is 5.78 Å². The summed E-state index contributed by atoms with van der Waals surface area (Å²) in [5.74, 6) is 0.0135. The van der Waals surface area contributed by atoms with E-state index in [0.29, 0.717) is 12.3 Å². The molecular weight excluding hydrogens is 234 g/mol. The lowest BCUT2D eigenvalue weighted by molar-refractivity contribution is -0.120. The third-order valence-electron chi connectivity index (χ3n) is 4.05. The second-order valence-electron chi connectivity index (χ2n) is 5.50. The second kappa shape index (κ2) is 7.09. The van der Waals surface area contributed by atoms with Crippen molar-refractivity contribution in [3.8, 4) is 6.07 Å². The smallest absolute Gasteiger partial charge is 0.154 e. The molecule has 0 N–H and O–H groups in total. The van der Waals surface area contributed by atoms with Crippen molar-refractivity contribution in [1.29, 1.82) is 5.26 Å². The Kier molecular flexibility index (Phi) is 5.15. The fourth-order valence-electron chi connectivity index (χ4n) is 2.95. The zero-order valence-corrected chi connectivity index (χ0v) is 11.3. The van der Waals surface area contributed by atoms with Crippen LogP contribution in [-0.4, -0.2) is 5.78 Å². The van der Waals surface area contributed by atoms with Gasteiger partial charge in [-0.1, -0.05) is 68.9 Å². The second-order valence-corrected chi connectivity index (χ2v) is 5.50. The molecule has 1 aliphatic rings. The highest BCUT2D eigenvalue weighted by atomic mass is 16.1. The minimum Gasteiger partial charge on any atom is -0.298 e. The van der Waals surface area contributed by atoms with Crippen molar-refractivity contribution >= 4 is 5.78 Å². The molecule has 1 aliphatic carbocycles. The Balaban J connectivity index is 1.99. The average Bonchev–Trinajstić information content (AvgIpc) is 2.69. The van der Waals surface area contributed by atoms with Crippen LogP contribution in [0.15, 0.2) is 30.3 Å². The molecule has 1 atom stereocenters. The lowest BCUT2D eigenvalue weighted by Crippen LogP contribution is -2.15. The van der Waals surface area contributed by atoms with Gasteiger partial charge in [-0.15, -0.1) is 0 Å². The topological polar surface area (TPSA) is 40.9 Å². The highest BCUT2D eigenvalue weighted by Crippen LogP contribution is 2.28. The Morgan fingerprint density at radius 3 is 2.37 bits per heavy atom. The minimum atomic E-state index is -0.579. The van der Waals surface area contributed by atoms with Crippen molar-refractivity contribution in [3.63, 3.8) is 0 Å². The fraction of sp³-hybridized carbons (Fsp3) is 0.529. The lowest BCUT2D eigenvalue weighted by Gasteiger charge is -2.15. The van der Waals surface area contributed by atoms with E-state index < -0.39 is 5.92 Å². The number of carbonyl (C=O) groups excluding carboxylic acids is 1. The van der Waals surface area contributed by atoms with Gasteiger partial charge in [-0.3, -0.25) is 4.79 Å². The van der Waals surface area contributed by atoms with Crippen molar-refractivity contribution < 1.29 is 4.79 Å². The SMILES string of the molecule is N#CC(C(=O)CC1CCCCCC1)c1ccccc1. The number of hydrogen-bond acceptors (Lipinski definition) is 2. The van der Waals surface area contributed by atoms with Gasteiger partial charge >= 0.3 is 0 Å². The van der Waals surface area contributed by atoms with Gasteiger partial charge in [-0.2, -0.15) is 5.26 Å². The molecule has 1 aromatic rings. The van der Waals surface area contributed by atoms with Gasteiger partial charge in [-0.05, 0) is 11.5 Å². The number of Topliss-reactive ketones (excluding diaryl/α,β-unsaturated/α-hetero) is 1. The van der Waals surface area contributed by atoms with Crippen molar-refractivity contribution in [1.82, 2.24) is 0 Å². The van der Waals surface area contributed by atoms with Crippen molar-refractivity contribution in [3.05, 3.63) is 35.9 Å². The number of nitrogens with zero attached hydrogens (tertiary/aromatic N) is 1. The van der Waals surface area contributed by atoms with E-state index in [2.05, 4.69) is 6.07 Å². The molecule has 2 heteroatoms. The minimum absolute atomic E-state index is 0.0978. The molecule has 0 heterocycles. The van der Waals surface area contributed by atoms with Gasteiger partial charge in [0.15, 0.2) is 5.78 Å². The van der Waals surface area contributed by atoms with Crippen LogP contribution in [0.4, 0.5) is 0 Å². The molecule has 0 spiro atoms. The Morgan fingerprint density at radius 2 is 1.79 bits per heavy atom. The van der Waals surface area contributed by atoms with Crippen LogP contribution in [0.25, 0.3) is 0 Å². The first-order valence-corrected chi connectivity index (χ1v) is 7.28. The Hall–Kier alpha value is -1.62. The summed E-state index contributed by atoms with van der Waals surface area (Å²) in [7, 11) is 0. The van der Waals surface area contributed by atoms with Gasteiger partial charge in [0.05, 0.1) is 6.07 Å². The summed E-state index contributed by atoms with van der Waals surface area (Å²) in [6, 6.07) is 11.6. The highest BCUT2D eigenvalue weighted by Gasteiger charge is 2.23. The van der Waals surface area contributed by atoms with Gasteiger partial charge in [0.1, 0.15) is 5.92 Å². The monoisotopic (exact) mass is 255 g/mol. The maximum atomic E-state index is 12.3. The van der Waals surface area contributed by atoms with Crippen LogP contribution < -0.4 is 0 Å². The Bertz CT molecular complexity index is 438. The molecule has 19 heavy (non-hydrogen) atoms. The lowest BCUT2D eigenvalue weighted by atomic mass is 9.87. The molecule has 1 saturated carbocycles. The molecular formula is C17H21NO. The van der Waals surface area contributed by atoms with Gasteiger partial charge < -0.3 is 0 Å². The first-order valence-electron chi connectivity index (χ1n) is 7.28. The molecule has 0 radical (unpaired) electrons. The van der Waals surface area contributed by atoms with E-state index in [0.717, 1.165) is 18.4 Å². The average molecular weight is 255 g/mol. The molecule has 1 aromatic carbocycles. The molecule has 0 amide bonds. The predicted octanol–water partition coefficient (Wildman–Crippen LogP) is 4.22. The molecule has 1 fully saturated rings. The third kappa shape index (κ3) is 3.92. The summed E-state index contributed by atoms with van der Waals surface area (Å²) in [5, 5.41) is 9.26. The summed E-state index contributed by atoms with van der Waals surface area (Å²) < 4.78 is 0. The summed E-state index contributed by atoms with van der Waals surface area (Å²) >= 11 is 0. The zero-order valence-electron chi connectivity index (χ0n) is 11.3. The number of nitriles is 1. The van der Waals surface area contributed by atoms with E-state index in [1.54, 1.807) is 0 Å². The zero-order chi connectivity index (χ0) is 13.5. The maximum Gasteiger partial charge on any atom is 0.154 e. The van der Waals surface area contributed by atoms with Crippen LogP contribution in [0, 0.1) is 17.2 Å². The summed E-state index contributed by atoms with van der Waals surface area (Å²) in [6.45, 7) is 0. The molecule has 1 unspecified atom stereocenters. The van der Waals surface area contributed by atoms with Gasteiger partial charge in [0, 0.05) is 6.42 Å². The fourth-order valence-corrected chi connectivity index (χ4v) is 2.95. The maximum absolute atomic E-state index is 12.3. The Morgan fingerprint density at radius 1 is 1.16 bits per heavy atom. The molecule has 0 saturated heterocycles. The Labute approximate surface area is 115 Å². The molecule has 0 bridgehead atoms. The first kappa shape index (κ1) is 13.8. The van der Waals surface area contributed by atoms with Gasteiger partial charge in [-0.25, -0.2) is 0 Å². The van der Waals surface area contributed by atoms with Gasteiger partial charge in [0.2, 0.25) is 0 Å². The van der Waals surface area contributed by atoms with E-state index in [1.165, 1.54) is 25.7 Å². The third-order valence-corrected chi connectivity index (χ3v) is 4.05. The first-order chi connectivity index (χ1) is 9.31. The normalized spacial score (nSPS) is 18.3. The predicted molar refractivity (Wildman–Crippen MR) is 75.6 cm³/mol. The summed E-state index contributed by atoms with van der Waals surface area (Å²) in [6.07, 6.45) is 7.95. The van der Waals surface area contributed by atoms with Crippen LogP contribution >= 0.6 is 0 Å². The number of ketones is 1. The van der Waals surface area contributed by atoms with Crippen LogP contribution in [-0.2, 0) is 4.79 Å². The molecule has 0 aliphatic heterocycles. The number of hydrogen-bond donors (Lipinski definition) is 0. The van der Waals surface area contributed by atoms with E-state index in [9.17, 15) is 10.1 Å². The molecule has 2 nitrogen and oxygen atoms in total. The number of benzene rings is 1. The van der Waals surface area contributed by atoms with Crippen LogP contribution in [0.1, 0.15) is 56.4 Å². The molecule has 2 rings (SSSR count). The summed E-state index contributed by atoms with van der Waals surface area (Å²) in [4.78, 5) is 12.3. The van der Waals surface area contributed by atoms with Crippen molar-refractivity contribution in [2.45, 2.75) is 50.9 Å². The van der Waals surface area contributed by atoms with Crippen molar-refractivity contribution in [2.24, 2.45) is 5.92 Å². The van der Waals surface area contributed by atoms with E-state index in [4.69, 9.17) is 0 Å². The summed E-state index contributed by atoms with van der Waals surface area (Å²) in [5.41, 5.74) is 0.837. The van der Waals surface area contributed by atoms with Crippen molar-refractivity contribution in [2.75, 3.05) is 0 Å². The van der Waals surface area contributed by atoms with Crippen LogP contribution in [0.5, 0.6) is 0 Å². The number of rotatable bonds is 4.